The number of methoxy groups -OCH3 is 1. The van der Waals surface area contributed by atoms with Crippen molar-refractivity contribution in [3.8, 4) is 5.75 Å². The number of aromatic nitrogens is 2. The smallest absolute Gasteiger partial charge is 0.263 e. The highest BCUT2D eigenvalue weighted by Gasteiger charge is 2.31. The summed E-state index contributed by atoms with van der Waals surface area (Å²) in [6, 6.07) is 14.4. The number of anilines is 2. The molecule has 1 aliphatic heterocycles. The second kappa shape index (κ2) is 10.1. The molecule has 36 heavy (non-hydrogen) atoms. The molecule has 1 unspecified atom stereocenters. The number of carbonyl (C=O) groups is 1. The Bertz CT molecular complexity index is 1310. The number of carbonyl (C=O) groups excluding carboxylic acids is 1. The maximum atomic E-state index is 13.3. The first-order chi connectivity index (χ1) is 17.4. The monoisotopic (exact) mass is 507 g/mol. The highest BCUT2D eigenvalue weighted by atomic mass is 32.2. The van der Waals surface area contributed by atoms with Gasteiger partial charge in [-0.3, -0.25) is 9.52 Å². The Kier molecular flexibility index (Phi) is 6.77. The minimum absolute atomic E-state index is 0.0211. The van der Waals surface area contributed by atoms with Gasteiger partial charge < -0.3 is 14.5 Å². The van der Waals surface area contributed by atoms with Crippen LogP contribution in [0.5, 0.6) is 5.75 Å². The summed E-state index contributed by atoms with van der Waals surface area (Å²) in [5, 5.41) is 0. The molecule has 5 rings (SSSR count). The molecule has 2 aromatic carbocycles. The van der Waals surface area contributed by atoms with E-state index in [4.69, 9.17) is 4.74 Å². The van der Waals surface area contributed by atoms with Gasteiger partial charge in [-0.15, -0.1) is 0 Å². The molecule has 0 saturated carbocycles. The van der Waals surface area contributed by atoms with Crippen LogP contribution in [0.3, 0.4) is 0 Å². The van der Waals surface area contributed by atoms with Crippen LogP contribution in [0.15, 0.2) is 66.0 Å². The SMILES string of the molecule is COc1cccc2c1CC(C(=O)N1CCN(c3ccc(S(=O)(=O)Nc4ccncn4)cc3)CC1)CC2. The van der Waals surface area contributed by atoms with E-state index in [0.29, 0.717) is 26.2 Å². The summed E-state index contributed by atoms with van der Waals surface area (Å²) in [7, 11) is -2.06. The Morgan fingerprint density at radius 1 is 1.06 bits per heavy atom. The quantitative estimate of drug-likeness (QED) is 0.547. The van der Waals surface area contributed by atoms with Gasteiger partial charge in [0.25, 0.3) is 10.0 Å². The molecule has 1 aromatic heterocycles. The second-order valence-electron chi connectivity index (χ2n) is 9.04. The van der Waals surface area contributed by atoms with Crippen molar-refractivity contribution in [2.24, 2.45) is 5.92 Å². The summed E-state index contributed by atoms with van der Waals surface area (Å²) in [5.74, 6) is 1.28. The molecule has 1 N–H and O–H groups in total. The largest absolute Gasteiger partial charge is 0.496 e. The summed E-state index contributed by atoms with van der Waals surface area (Å²) in [6.07, 6.45) is 5.23. The van der Waals surface area contributed by atoms with Crippen LogP contribution in [0, 0.1) is 5.92 Å². The number of hydrogen-bond acceptors (Lipinski definition) is 7. The van der Waals surface area contributed by atoms with Gasteiger partial charge in [0.15, 0.2) is 0 Å². The second-order valence-corrected chi connectivity index (χ2v) is 10.7. The number of aryl methyl sites for hydroxylation is 1. The lowest BCUT2D eigenvalue weighted by Crippen LogP contribution is -2.51. The van der Waals surface area contributed by atoms with Crippen LogP contribution in [-0.2, 0) is 27.7 Å². The molecule has 1 fully saturated rings. The number of nitrogens with zero attached hydrogens (tertiary/aromatic N) is 4. The molecule has 2 aliphatic rings. The Morgan fingerprint density at radius 3 is 2.53 bits per heavy atom. The fourth-order valence-corrected chi connectivity index (χ4v) is 5.99. The minimum atomic E-state index is -3.74. The lowest BCUT2D eigenvalue weighted by molar-refractivity contribution is -0.136. The van der Waals surface area contributed by atoms with Gasteiger partial charge >= 0.3 is 0 Å². The zero-order chi connectivity index (χ0) is 25.1. The molecule has 1 aliphatic carbocycles. The van der Waals surface area contributed by atoms with E-state index in [2.05, 4.69) is 25.7 Å². The fraction of sp³-hybridized carbons (Fsp3) is 0.346. The molecule has 0 radical (unpaired) electrons. The van der Waals surface area contributed by atoms with E-state index in [1.807, 2.05) is 17.0 Å². The first-order valence-electron chi connectivity index (χ1n) is 12.0. The third kappa shape index (κ3) is 4.99. The first kappa shape index (κ1) is 24.1. The van der Waals surface area contributed by atoms with E-state index in [1.165, 1.54) is 24.2 Å². The normalized spacial score (nSPS) is 17.9. The summed E-state index contributed by atoms with van der Waals surface area (Å²) in [6.45, 7) is 2.68. The van der Waals surface area contributed by atoms with E-state index in [9.17, 15) is 13.2 Å². The number of hydrogen-bond donors (Lipinski definition) is 1. The number of fused-ring (bicyclic) bond motifs is 1. The van der Waals surface area contributed by atoms with Crippen LogP contribution >= 0.6 is 0 Å². The third-order valence-electron chi connectivity index (χ3n) is 6.94. The van der Waals surface area contributed by atoms with Crippen LogP contribution in [0.4, 0.5) is 11.5 Å². The van der Waals surface area contributed by atoms with Gasteiger partial charge in [0.05, 0.1) is 12.0 Å². The summed E-state index contributed by atoms with van der Waals surface area (Å²) < 4.78 is 33.3. The van der Waals surface area contributed by atoms with Crippen molar-refractivity contribution >= 4 is 27.4 Å². The van der Waals surface area contributed by atoms with Crippen molar-refractivity contribution in [1.29, 1.82) is 0 Å². The standard InChI is InChI=1S/C26H29N5O4S/c1-35-24-4-2-3-19-5-6-20(17-23(19)24)26(32)31-15-13-30(14-16-31)21-7-9-22(10-8-21)36(33,34)29-25-11-12-27-18-28-25/h2-4,7-12,18,20H,5-6,13-17H2,1H3,(H,27,28,29). The number of rotatable bonds is 6. The van der Waals surface area contributed by atoms with E-state index >= 15 is 0 Å². The van der Waals surface area contributed by atoms with Gasteiger partial charge in [-0.25, -0.2) is 18.4 Å². The minimum Gasteiger partial charge on any atom is -0.496 e. The number of nitrogens with one attached hydrogen (secondary N) is 1. The van der Waals surface area contributed by atoms with Gasteiger partial charge in [-0.05, 0) is 66.8 Å². The average Bonchev–Trinajstić information content (AvgIpc) is 2.92. The van der Waals surface area contributed by atoms with Crippen molar-refractivity contribution < 1.29 is 17.9 Å². The summed E-state index contributed by atoms with van der Waals surface area (Å²) >= 11 is 0. The number of benzene rings is 2. The molecule has 1 saturated heterocycles. The molecule has 10 heteroatoms. The summed E-state index contributed by atoms with van der Waals surface area (Å²) in [4.78, 5) is 25.3. The number of amides is 1. The van der Waals surface area contributed by atoms with Gasteiger partial charge in [0, 0.05) is 44.0 Å². The Labute approximate surface area is 211 Å². The third-order valence-corrected chi connectivity index (χ3v) is 8.31. The predicted molar refractivity (Wildman–Crippen MR) is 137 cm³/mol. The lowest BCUT2D eigenvalue weighted by Gasteiger charge is -2.38. The van der Waals surface area contributed by atoms with Gasteiger partial charge in [-0.1, -0.05) is 12.1 Å². The zero-order valence-corrected chi connectivity index (χ0v) is 20.9. The van der Waals surface area contributed by atoms with Gasteiger partial charge in [0.1, 0.15) is 17.9 Å². The molecular formula is C26H29N5O4S. The highest BCUT2D eigenvalue weighted by Crippen LogP contribution is 2.33. The van der Waals surface area contributed by atoms with Crippen LogP contribution < -0.4 is 14.4 Å². The Morgan fingerprint density at radius 2 is 1.83 bits per heavy atom. The van der Waals surface area contributed by atoms with E-state index in [-0.39, 0.29) is 22.5 Å². The van der Waals surface area contributed by atoms with Crippen molar-refractivity contribution in [3.05, 3.63) is 72.2 Å². The van der Waals surface area contributed by atoms with Crippen LogP contribution in [-0.4, -0.2) is 62.5 Å². The van der Waals surface area contributed by atoms with E-state index in [0.717, 1.165) is 36.3 Å². The van der Waals surface area contributed by atoms with Gasteiger partial charge in [0.2, 0.25) is 5.91 Å². The molecule has 9 nitrogen and oxygen atoms in total. The fourth-order valence-electron chi connectivity index (χ4n) is 4.98. The van der Waals surface area contributed by atoms with Crippen LogP contribution in [0.1, 0.15) is 17.5 Å². The van der Waals surface area contributed by atoms with E-state index < -0.39 is 10.0 Å². The molecule has 0 spiro atoms. The molecule has 0 bridgehead atoms. The van der Waals surface area contributed by atoms with Crippen molar-refractivity contribution in [3.63, 3.8) is 0 Å². The molecule has 188 valence electrons. The maximum absolute atomic E-state index is 13.3. The zero-order valence-electron chi connectivity index (χ0n) is 20.1. The topological polar surface area (TPSA) is 105 Å². The maximum Gasteiger partial charge on any atom is 0.263 e. The molecular weight excluding hydrogens is 478 g/mol. The predicted octanol–water partition coefficient (Wildman–Crippen LogP) is 2.74. The van der Waals surface area contributed by atoms with Crippen molar-refractivity contribution in [2.75, 3.05) is 42.9 Å². The van der Waals surface area contributed by atoms with Crippen LogP contribution in [0.2, 0.25) is 0 Å². The lowest BCUT2D eigenvalue weighted by atomic mass is 9.82. The molecule has 1 amide bonds. The molecule has 3 aromatic rings. The summed E-state index contributed by atoms with van der Waals surface area (Å²) in [5.41, 5.74) is 3.37. The number of piperazine rings is 1. The highest BCUT2D eigenvalue weighted by molar-refractivity contribution is 7.92. The number of sulfonamides is 1. The average molecular weight is 508 g/mol. The van der Waals surface area contributed by atoms with Crippen LogP contribution in [0.25, 0.3) is 0 Å². The first-order valence-corrected chi connectivity index (χ1v) is 13.5. The Hall–Kier alpha value is -3.66. The van der Waals surface area contributed by atoms with E-state index in [1.54, 1.807) is 31.4 Å². The van der Waals surface area contributed by atoms with Crippen molar-refractivity contribution in [2.45, 2.75) is 24.2 Å². The van der Waals surface area contributed by atoms with Gasteiger partial charge in [-0.2, -0.15) is 0 Å². The Balaban J connectivity index is 1.18. The molecule has 2 heterocycles. The molecule has 1 atom stereocenters. The number of ether oxygens (including phenoxy) is 1. The van der Waals surface area contributed by atoms with Crippen molar-refractivity contribution in [1.82, 2.24) is 14.9 Å².